The minimum Gasteiger partial charge on any atom is -0.492 e. The number of hydrogen-bond donors (Lipinski definition) is 1. The summed E-state index contributed by atoms with van der Waals surface area (Å²) in [5.74, 6) is 0.917. The molecule has 0 saturated heterocycles. The van der Waals surface area contributed by atoms with E-state index in [4.69, 9.17) is 10.5 Å². The Morgan fingerprint density at radius 3 is 2.58 bits per heavy atom. The zero-order chi connectivity index (χ0) is 13.5. The molecule has 0 spiro atoms. The molecule has 3 nitrogen and oxygen atoms in total. The number of anilines is 1. The molecule has 0 heterocycles. The van der Waals surface area contributed by atoms with Crippen molar-refractivity contribution in [2.45, 2.75) is 6.54 Å². The normalized spacial score (nSPS) is 10.6. The van der Waals surface area contributed by atoms with E-state index in [0.717, 1.165) is 24.5 Å². The molecule has 2 aromatic carbocycles. The van der Waals surface area contributed by atoms with Gasteiger partial charge in [0.05, 0.1) is 0 Å². The second-order valence-electron chi connectivity index (χ2n) is 4.64. The van der Waals surface area contributed by atoms with Crippen molar-refractivity contribution >= 4 is 5.69 Å². The van der Waals surface area contributed by atoms with E-state index in [1.165, 1.54) is 5.56 Å². The minimum atomic E-state index is 0.683. The average molecular weight is 256 g/mol. The lowest BCUT2D eigenvalue weighted by Gasteiger charge is -2.17. The Morgan fingerprint density at radius 2 is 1.84 bits per heavy atom. The maximum absolute atomic E-state index is 5.77. The molecule has 0 amide bonds. The summed E-state index contributed by atoms with van der Waals surface area (Å²) in [4.78, 5) is 2.22. The zero-order valence-corrected chi connectivity index (χ0v) is 11.3. The second-order valence-corrected chi connectivity index (χ2v) is 4.64. The van der Waals surface area contributed by atoms with E-state index in [9.17, 15) is 0 Å². The molecule has 100 valence electrons. The maximum Gasteiger partial charge on any atom is 0.119 e. The molecule has 2 rings (SSSR count). The summed E-state index contributed by atoms with van der Waals surface area (Å²) in [6.07, 6.45) is 0. The Labute approximate surface area is 114 Å². The van der Waals surface area contributed by atoms with Gasteiger partial charge in [-0.2, -0.15) is 0 Å². The Balaban J connectivity index is 1.74. The highest BCUT2D eigenvalue weighted by Gasteiger charge is 2.01. The fourth-order valence-corrected chi connectivity index (χ4v) is 1.92. The molecule has 0 unspecified atom stereocenters. The van der Waals surface area contributed by atoms with Crippen molar-refractivity contribution in [1.29, 1.82) is 0 Å². The summed E-state index contributed by atoms with van der Waals surface area (Å²) in [6, 6.07) is 17.9. The van der Waals surface area contributed by atoms with Crippen LogP contribution in [0.25, 0.3) is 0 Å². The van der Waals surface area contributed by atoms with Crippen LogP contribution < -0.4 is 10.5 Å². The van der Waals surface area contributed by atoms with Gasteiger partial charge in [0.25, 0.3) is 0 Å². The fourth-order valence-electron chi connectivity index (χ4n) is 1.92. The number of nitrogens with two attached hydrogens (primary N) is 1. The van der Waals surface area contributed by atoms with Crippen LogP contribution in [0.15, 0.2) is 54.6 Å². The van der Waals surface area contributed by atoms with Crippen molar-refractivity contribution in [2.24, 2.45) is 0 Å². The number of rotatable bonds is 6. The van der Waals surface area contributed by atoms with Crippen LogP contribution in [0.3, 0.4) is 0 Å². The standard InChI is InChI=1S/C16H20N2O/c1-18(13-14-6-5-7-15(17)12-14)10-11-19-16-8-3-2-4-9-16/h2-9,12H,10-11,13,17H2,1H3. The van der Waals surface area contributed by atoms with Gasteiger partial charge in [0.15, 0.2) is 0 Å². The third kappa shape index (κ3) is 4.64. The molecule has 19 heavy (non-hydrogen) atoms. The van der Waals surface area contributed by atoms with Gasteiger partial charge in [-0.1, -0.05) is 30.3 Å². The summed E-state index contributed by atoms with van der Waals surface area (Å²) in [6.45, 7) is 2.44. The van der Waals surface area contributed by atoms with Gasteiger partial charge in [0.2, 0.25) is 0 Å². The van der Waals surface area contributed by atoms with Crippen LogP contribution in [0.1, 0.15) is 5.56 Å². The van der Waals surface area contributed by atoms with E-state index in [0.29, 0.717) is 6.61 Å². The highest BCUT2D eigenvalue weighted by molar-refractivity contribution is 5.40. The van der Waals surface area contributed by atoms with Crippen molar-refractivity contribution in [3.05, 3.63) is 60.2 Å². The summed E-state index contributed by atoms with van der Waals surface area (Å²) in [5, 5.41) is 0. The van der Waals surface area contributed by atoms with Gasteiger partial charge in [-0.05, 0) is 36.9 Å². The van der Waals surface area contributed by atoms with Gasteiger partial charge in [-0.3, -0.25) is 4.90 Å². The molecule has 0 aliphatic carbocycles. The lowest BCUT2D eigenvalue weighted by molar-refractivity contribution is 0.233. The van der Waals surface area contributed by atoms with Crippen molar-refractivity contribution in [1.82, 2.24) is 4.90 Å². The topological polar surface area (TPSA) is 38.5 Å². The van der Waals surface area contributed by atoms with Crippen LogP contribution in [-0.2, 0) is 6.54 Å². The van der Waals surface area contributed by atoms with E-state index < -0.39 is 0 Å². The van der Waals surface area contributed by atoms with Gasteiger partial charge in [0, 0.05) is 18.8 Å². The predicted octanol–water partition coefficient (Wildman–Crippen LogP) is 2.78. The highest BCUT2D eigenvalue weighted by atomic mass is 16.5. The Bertz CT molecular complexity index is 499. The predicted molar refractivity (Wildman–Crippen MR) is 79.1 cm³/mol. The zero-order valence-electron chi connectivity index (χ0n) is 11.3. The molecule has 0 saturated carbocycles. The maximum atomic E-state index is 5.77. The third-order valence-corrected chi connectivity index (χ3v) is 2.89. The SMILES string of the molecule is CN(CCOc1ccccc1)Cc1cccc(N)c1. The first kappa shape index (κ1) is 13.4. The first-order valence-corrected chi connectivity index (χ1v) is 6.45. The molecule has 2 N–H and O–H groups in total. The van der Waals surface area contributed by atoms with E-state index >= 15 is 0 Å². The quantitative estimate of drug-likeness (QED) is 0.808. The highest BCUT2D eigenvalue weighted by Crippen LogP contribution is 2.10. The minimum absolute atomic E-state index is 0.683. The van der Waals surface area contributed by atoms with Gasteiger partial charge in [-0.25, -0.2) is 0 Å². The Morgan fingerprint density at radius 1 is 1.05 bits per heavy atom. The van der Waals surface area contributed by atoms with Gasteiger partial charge in [-0.15, -0.1) is 0 Å². The van der Waals surface area contributed by atoms with Crippen LogP contribution in [0.2, 0.25) is 0 Å². The van der Waals surface area contributed by atoms with Crippen molar-refractivity contribution in [2.75, 3.05) is 25.9 Å². The van der Waals surface area contributed by atoms with Crippen LogP contribution in [-0.4, -0.2) is 25.1 Å². The monoisotopic (exact) mass is 256 g/mol. The molecule has 0 bridgehead atoms. The lowest BCUT2D eigenvalue weighted by Crippen LogP contribution is -2.23. The van der Waals surface area contributed by atoms with Crippen molar-refractivity contribution in [3.8, 4) is 5.75 Å². The summed E-state index contributed by atoms with van der Waals surface area (Å²) in [7, 11) is 2.08. The molecular weight excluding hydrogens is 236 g/mol. The first-order chi connectivity index (χ1) is 9.24. The molecule has 0 aliphatic rings. The van der Waals surface area contributed by atoms with E-state index in [2.05, 4.69) is 18.0 Å². The number of ether oxygens (including phenoxy) is 1. The largest absolute Gasteiger partial charge is 0.492 e. The smallest absolute Gasteiger partial charge is 0.119 e. The number of benzene rings is 2. The van der Waals surface area contributed by atoms with Crippen molar-refractivity contribution in [3.63, 3.8) is 0 Å². The first-order valence-electron chi connectivity index (χ1n) is 6.45. The van der Waals surface area contributed by atoms with Gasteiger partial charge >= 0.3 is 0 Å². The van der Waals surface area contributed by atoms with Gasteiger partial charge < -0.3 is 10.5 Å². The van der Waals surface area contributed by atoms with Crippen LogP contribution >= 0.6 is 0 Å². The van der Waals surface area contributed by atoms with Crippen LogP contribution in [0, 0.1) is 0 Å². The summed E-state index contributed by atoms with van der Waals surface area (Å²) in [5.41, 5.74) is 7.80. The average Bonchev–Trinajstić information content (AvgIpc) is 2.40. The molecule has 3 heteroatoms. The number of nitrogens with zero attached hydrogens (tertiary/aromatic N) is 1. The number of para-hydroxylation sites is 1. The summed E-state index contributed by atoms with van der Waals surface area (Å²) >= 11 is 0. The van der Waals surface area contributed by atoms with E-state index in [1.54, 1.807) is 0 Å². The molecule has 0 atom stereocenters. The third-order valence-electron chi connectivity index (χ3n) is 2.89. The van der Waals surface area contributed by atoms with E-state index in [-0.39, 0.29) is 0 Å². The number of nitrogen functional groups attached to an aromatic ring is 1. The molecule has 2 aromatic rings. The van der Waals surface area contributed by atoms with E-state index in [1.807, 2.05) is 48.5 Å². The molecular formula is C16H20N2O. The summed E-state index contributed by atoms with van der Waals surface area (Å²) < 4.78 is 5.67. The Hall–Kier alpha value is -2.00. The second kappa shape index (κ2) is 6.81. The molecule has 0 aliphatic heterocycles. The molecule has 0 radical (unpaired) electrons. The van der Waals surface area contributed by atoms with Gasteiger partial charge in [0.1, 0.15) is 12.4 Å². The lowest BCUT2D eigenvalue weighted by atomic mass is 10.2. The number of likely N-dealkylation sites (N-methyl/N-ethyl adjacent to an activating group) is 1. The van der Waals surface area contributed by atoms with Crippen LogP contribution in [0.4, 0.5) is 5.69 Å². The molecule has 0 fully saturated rings. The Kier molecular flexibility index (Phi) is 4.81. The molecule has 0 aromatic heterocycles. The fraction of sp³-hybridized carbons (Fsp3) is 0.250. The van der Waals surface area contributed by atoms with Crippen LogP contribution in [0.5, 0.6) is 5.75 Å². The number of hydrogen-bond acceptors (Lipinski definition) is 3. The van der Waals surface area contributed by atoms with Crippen molar-refractivity contribution < 1.29 is 4.74 Å².